The van der Waals surface area contributed by atoms with Crippen molar-refractivity contribution in [1.82, 2.24) is 4.98 Å². The number of aromatic nitrogens is 1. The molecule has 1 fully saturated rings. The van der Waals surface area contributed by atoms with Crippen LogP contribution in [-0.2, 0) is 9.59 Å². The van der Waals surface area contributed by atoms with Gasteiger partial charge < -0.3 is 9.84 Å². The molecule has 0 radical (unpaired) electrons. The lowest BCUT2D eigenvalue weighted by Crippen LogP contribution is -2.29. The topological polar surface area (TPSA) is 79.7 Å². The zero-order valence-corrected chi connectivity index (χ0v) is 20.6. The minimum atomic E-state index is -0.855. The zero-order valence-electron chi connectivity index (χ0n) is 19.8. The van der Waals surface area contributed by atoms with Gasteiger partial charge in [-0.05, 0) is 67.8 Å². The fraction of sp³-hybridized carbons (Fsp3) is 0.179. The molecule has 6 nitrogen and oxygen atoms in total. The SMILES string of the molecule is COc1cccc(C2/C(=C(\O)c3cc(C)ccc3C)C(=O)C(=O)N2c2nc3ccc(C)cc3s2)c1. The number of rotatable bonds is 4. The average Bonchev–Trinajstić information content (AvgIpc) is 3.38. The average molecular weight is 485 g/mol. The van der Waals surface area contributed by atoms with Gasteiger partial charge in [0.2, 0.25) is 0 Å². The van der Waals surface area contributed by atoms with E-state index in [9.17, 15) is 14.7 Å². The van der Waals surface area contributed by atoms with E-state index in [1.165, 1.54) is 16.2 Å². The summed E-state index contributed by atoms with van der Waals surface area (Å²) >= 11 is 1.34. The number of thiazole rings is 1. The van der Waals surface area contributed by atoms with E-state index in [-0.39, 0.29) is 11.3 Å². The van der Waals surface area contributed by atoms with Crippen molar-refractivity contribution in [1.29, 1.82) is 0 Å². The number of ether oxygens (including phenoxy) is 1. The van der Waals surface area contributed by atoms with Gasteiger partial charge >= 0.3 is 5.91 Å². The summed E-state index contributed by atoms with van der Waals surface area (Å²) in [5, 5.41) is 11.8. The number of fused-ring (bicyclic) bond motifs is 1. The van der Waals surface area contributed by atoms with Gasteiger partial charge in [-0.3, -0.25) is 14.5 Å². The number of methoxy groups -OCH3 is 1. The molecule has 1 saturated heterocycles. The smallest absolute Gasteiger partial charge is 0.301 e. The summed E-state index contributed by atoms with van der Waals surface area (Å²) in [6.07, 6.45) is 0. The maximum atomic E-state index is 13.5. The first-order chi connectivity index (χ1) is 16.8. The quantitative estimate of drug-likeness (QED) is 0.223. The first-order valence-corrected chi connectivity index (χ1v) is 12.0. The Kier molecular flexibility index (Phi) is 5.65. The van der Waals surface area contributed by atoms with Crippen molar-refractivity contribution < 1.29 is 19.4 Å². The van der Waals surface area contributed by atoms with E-state index in [1.54, 1.807) is 25.3 Å². The molecule has 1 aromatic heterocycles. The minimum absolute atomic E-state index is 0.0346. The molecule has 3 aromatic carbocycles. The number of aryl methyl sites for hydroxylation is 3. The molecule has 0 spiro atoms. The second kappa shape index (κ2) is 8.67. The maximum absolute atomic E-state index is 13.5. The molecule has 2 heterocycles. The van der Waals surface area contributed by atoms with Crippen molar-refractivity contribution >= 4 is 44.1 Å². The second-order valence-corrected chi connectivity index (χ2v) is 9.74. The fourth-order valence-corrected chi connectivity index (χ4v) is 5.51. The van der Waals surface area contributed by atoms with E-state index < -0.39 is 17.7 Å². The van der Waals surface area contributed by atoms with E-state index in [0.717, 1.165) is 26.9 Å². The molecule has 0 bridgehead atoms. The molecule has 35 heavy (non-hydrogen) atoms. The van der Waals surface area contributed by atoms with Gasteiger partial charge in [0.15, 0.2) is 5.13 Å². The summed E-state index contributed by atoms with van der Waals surface area (Å²) in [7, 11) is 1.56. The zero-order chi connectivity index (χ0) is 24.9. The maximum Gasteiger partial charge on any atom is 0.301 e. The molecule has 1 aliphatic heterocycles. The summed E-state index contributed by atoms with van der Waals surface area (Å²) in [6.45, 7) is 5.77. The normalized spacial score (nSPS) is 17.4. The lowest BCUT2D eigenvalue weighted by atomic mass is 9.93. The molecule has 0 aliphatic carbocycles. The number of hydrogen-bond acceptors (Lipinski definition) is 6. The summed E-state index contributed by atoms with van der Waals surface area (Å²) in [5.41, 5.74) is 4.77. The number of carbonyl (C=O) groups is 2. The Balaban J connectivity index is 1.77. The standard InChI is InChI=1S/C28H24N2O4S/c1-15-8-10-17(3)20(12-15)25(31)23-24(18-6-5-7-19(14-18)34-4)30(27(33)26(23)32)28-29-21-11-9-16(2)13-22(21)35-28/h5-14,24,31H,1-4H3/b25-23+. The number of amides is 1. The van der Waals surface area contributed by atoms with Crippen LogP contribution >= 0.6 is 11.3 Å². The summed E-state index contributed by atoms with van der Waals surface area (Å²) < 4.78 is 6.32. The monoisotopic (exact) mass is 484 g/mol. The Labute approximate surface area is 207 Å². The van der Waals surface area contributed by atoms with Crippen molar-refractivity contribution in [2.45, 2.75) is 26.8 Å². The highest BCUT2D eigenvalue weighted by Gasteiger charge is 2.48. The van der Waals surface area contributed by atoms with Crippen LogP contribution in [0.25, 0.3) is 16.0 Å². The lowest BCUT2D eigenvalue weighted by molar-refractivity contribution is -0.132. The van der Waals surface area contributed by atoms with E-state index in [1.807, 2.05) is 63.2 Å². The van der Waals surface area contributed by atoms with Crippen LogP contribution in [0.15, 0.2) is 66.2 Å². The summed E-state index contributed by atoms with van der Waals surface area (Å²) in [4.78, 5) is 33.0. The van der Waals surface area contributed by atoms with Crippen molar-refractivity contribution in [3.05, 3.63) is 94.1 Å². The van der Waals surface area contributed by atoms with Crippen LogP contribution in [0.1, 0.15) is 33.9 Å². The van der Waals surface area contributed by atoms with E-state index in [2.05, 4.69) is 4.98 Å². The third kappa shape index (κ3) is 3.88. The van der Waals surface area contributed by atoms with Crippen molar-refractivity contribution in [3.8, 4) is 5.75 Å². The molecule has 1 N–H and O–H groups in total. The predicted octanol–water partition coefficient (Wildman–Crippen LogP) is 5.86. The Morgan fingerprint density at radius 3 is 2.51 bits per heavy atom. The largest absolute Gasteiger partial charge is 0.507 e. The molecule has 1 atom stereocenters. The third-order valence-electron chi connectivity index (χ3n) is 6.24. The summed E-state index contributed by atoms with van der Waals surface area (Å²) in [6, 6.07) is 17.8. The number of aliphatic hydroxyl groups excluding tert-OH is 1. The van der Waals surface area contributed by atoms with E-state index in [4.69, 9.17) is 4.74 Å². The van der Waals surface area contributed by atoms with Gasteiger partial charge in [-0.2, -0.15) is 0 Å². The molecular formula is C28H24N2O4S. The number of carbonyl (C=O) groups excluding carboxylic acids is 2. The van der Waals surface area contributed by atoms with Gasteiger partial charge in [0.1, 0.15) is 11.5 Å². The second-order valence-electron chi connectivity index (χ2n) is 8.73. The first kappa shape index (κ1) is 22.8. The Bertz CT molecular complexity index is 1540. The van der Waals surface area contributed by atoms with Crippen molar-refractivity contribution in [2.75, 3.05) is 12.0 Å². The Hall–Kier alpha value is -3.97. The van der Waals surface area contributed by atoms with Crippen LogP contribution in [0, 0.1) is 20.8 Å². The number of anilines is 1. The van der Waals surface area contributed by atoms with Crippen molar-refractivity contribution in [2.24, 2.45) is 0 Å². The van der Waals surface area contributed by atoms with Gasteiger partial charge in [-0.1, -0.05) is 47.2 Å². The highest BCUT2D eigenvalue weighted by atomic mass is 32.1. The highest BCUT2D eigenvalue weighted by Crippen LogP contribution is 2.45. The molecular weight excluding hydrogens is 460 g/mol. The molecule has 7 heteroatoms. The van der Waals surface area contributed by atoms with Crippen LogP contribution in [0.4, 0.5) is 5.13 Å². The number of aliphatic hydroxyl groups is 1. The molecule has 176 valence electrons. The fourth-order valence-electron chi connectivity index (χ4n) is 4.42. The summed E-state index contributed by atoms with van der Waals surface area (Å²) in [5.74, 6) is -1.08. The predicted molar refractivity (Wildman–Crippen MR) is 138 cm³/mol. The number of Topliss-reactive ketones (excluding diaryl/α,β-unsaturated/α-hetero) is 1. The van der Waals surface area contributed by atoms with E-state index in [0.29, 0.717) is 22.0 Å². The van der Waals surface area contributed by atoms with Crippen LogP contribution in [-0.4, -0.2) is 28.9 Å². The van der Waals surface area contributed by atoms with Crippen molar-refractivity contribution in [3.63, 3.8) is 0 Å². The van der Waals surface area contributed by atoms with E-state index >= 15 is 0 Å². The van der Waals surface area contributed by atoms with Crippen LogP contribution in [0.3, 0.4) is 0 Å². The molecule has 5 rings (SSSR count). The van der Waals surface area contributed by atoms with Gasteiger partial charge in [-0.15, -0.1) is 0 Å². The van der Waals surface area contributed by atoms with Gasteiger partial charge in [0.05, 0.1) is 28.9 Å². The number of nitrogens with zero attached hydrogens (tertiary/aromatic N) is 2. The highest BCUT2D eigenvalue weighted by molar-refractivity contribution is 7.22. The lowest BCUT2D eigenvalue weighted by Gasteiger charge is -2.23. The molecule has 1 aliphatic rings. The molecule has 1 amide bonds. The minimum Gasteiger partial charge on any atom is -0.507 e. The number of ketones is 1. The van der Waals surface area contributed by atoms with Gasteiger partial charge in [0, 0.05) is 5.56 Å². The number of benzene rings is 3. The van der Waals surface area contributed by atoms with Crippen LogP contribution < -0.4 is 9.64 Å². The molecule has 0 saturated carbocycles. The Morgan fingerprint density at radius 1 is 1.00 bits per heavy atom. The first-order valence-electron chi connectivity index (χ1n) is 11.2. The van der Waals surface area contributed by atoms with Crippen LogP contribution in [0.2, 0.25) is 0 Å². The number of hydrogen-bond donors (Lipinski definition) is 1. The van der Waals surface area contributed by atoms with Gasteiger partial charge in [-0.25, -0.2) is 4.98 Å². The molecule has 1 unspecified atom stereocenters. The molecule has 4 aromatic rings. The van der Waals surface area contributed by atoms with Gasteiger partial charge in [0.25, 0.3) is 5.78 Å². The van der Waals surface area contributed by atoms with Crippen LogP contribution in [0.5, 0.6) is 5.75 Å². The Morgan fingerprint density at radius 2 is 1.74 bits per heavy atom. The third-order valence-corrected chi connectivity index (χ3v) is 7.26.